The number of aryl methyl sites for hydroxylation is 1. The maximum Gasteiger partial charge on any atom is 0.102 e. The van der Waals surface area contributed by atoms with Crippen molar-refractivity contribution in [3.05, 3.63) is 77.0 Å². The van der Waals surface area contributed by atoms with Crippen molar-refractivity contribution in [3.63, 3.8) is 0 Å². The summed E-state index contributed by atoms with van der Waals surface area (Å²) in [7, 11) is 0. The molecule has 0 bridgehead atoms. The Hall–Kier alpha value is -2.36. The van der Waals surface area contributed by atoms with Crippen molar-refractivity contribution in [1.82, 2.24) is 9.88 Å². The second-order valence-electron chi connectivity index (χ2n) is 7.84. The first-order chi connectivity index (χ1) is 13.3. The summed E-state index contributed by atoms with van der Waals surface area (Å²) in [5.41, 5.74) is 7.67. The van der Waals surface area contributed by atoms with E-state index >= 15 is 0 Å². The van der Waals surface area contributed by atoms with Gasteiger partial charge in [-0.15, -0.1) is 0 Å². The van der Waals surface area contributed by atoms with Gasteiger partial charge in [-0.2, -0.15) is 0 Å². The Kier molecular flexibility index (Phi) is 4.35. The van der Waals surface area contributed by atoms with Crippen molar-refractivity contribution in [3.8, 4) is 0 Å². The molecule has 0 saturated heterocycles. The maximum atomic E-state index is 10.7. The molecule has 2 aliphatic rings. The average Bonchev–Trinajstić information content (AvgIpc) is 3.25. The van der Waals surface area contributed by atoms with Crippen LogP contribution in [0.1, 0.15) is 42.1 Å². The Balaban J connectivity index is 1.17. The largest absolute Gasteiger partial charge is 0.384 e. The van der Waals surface area contributed by atoms with Crippen LogP contribution >= 0.6 is 0 Å². The quantitative estimate of drug-likeness (QED) is 0.649. The van der Waals surface area contributed by atoms with Gasteiger partial charge in [-0.05, 0) is 66.1 Å². The van der Waals surface area contributed by atoms with Gasteiger partial charge in [-0.3, -0.25) is 4.90 Å². The molecular formula is C24H26N2O. The molecule has 0 fully saturated rings. The van der Waals surface area contributed by atoms with Gasteiger partial charge in [-0.1, -0.05) is 42.5 Å². The van der Waals surface area contributed by atoms with E-state index in [9.17, 15) is 5.11 Å². The Morgan fingerprint density at radius 1 is 1.04 bits per heavy atom. The van der Waals surface area contributed by atoms with E-state index in [4.69, 9.17) is 0 Å². The van der Waals surface area contributed by atoms with Gasteiger partial charge in [0.25, 0.3) is 0 Å². The molecule has 27 heavy (non-hydrogen) atoms. The second-order valence-corrected chi connectivity index (χ2v) is 7.84. The number of para-hydroxylation sites is 1. The van der Waals surface area contributed by atoms with Crippen LogP contribution in [0.25, 0.3) is 16.5 Å². The normalized spacial score (nSPS) is 19.5. The molecular weight excluding hydrogens is 332 g/mol. The van der Waals surface area contributed by atoms with Crippen LogP contribution < -0.4 is 0 Å². The van der Waals surface area contributed by atoms with Crippen LogP contribution in [0.4, 0.5) is 0 Å². The van der Waals surface area contributed by atoms with Crippen LogP contribution in [0, 0.1) is 0 Å². The average molecular weight is 358 g/mol. The summed E-state index contributed by atoms with van der Waals surface area (Å²) in [5, 5.41) is 12.1. The molecule has 0 spiro atoms. The number of H-pyrrole nitrogens is 1. The topological polar surface area (TPSA) is 39.3 Å². The molecule has 1 atom stereocenters. The lowest BCUT2D eigenvalue weighted by molar-refractivity contribution is 0.193. The van der Waals surface area contributed by atoms with Gasteiger partial charge in [0.2, 0.25) is 0 Å². The second kappa shape index (κ2) is 6.99. The van der Waals surface area contributed by atoms with Crippen molar-refractivity contribution >= 4 is 16.5 Å². The third kappa shape index (κ3) is 3.01. The first-order valence-corrected chi connectivity index (χ1v) is 10.1. The first kappa shape index (κ1) is 16.8. The van der Waals surface area contributed by atoms with E-state index in [1.54, 1.807) is 0 Å². The number of nitrogens with one attached hydrogen (secondary N) is 1. The minimum absolute atomic E-state index is 0.398. The minimum atomic E-state index is -0.398. The lowest BCUT2D eigenvalue weighted by Crippen LogP contribution is -2.32. The molecule has 0 saturated carbocycles. The molecule has 5 rings (SSSR count). The van der Waals surface area contributed by atoms with Crippen molar-refractivity contribution < 1.29 is 5.11 Å². The summed E-state index contributed by atoms with van der Waals surface area (Å²) >= 11 is 0. The van der Waals surface area contributed by atoms with Gasteiger partial charge in [0.15, 0.2) is 0 Å². The van der Waals surface area contributed by atoms with Crippen LogP contribution in [0.2, 0.25) is 0 Å². The highest BCUT2D eigenvalue weighted by molar-refractivity contribution is 5.83. The van der Waals surface area contributed by atoms with Crippen LogP contribution in [-0.4, -0.2) is 34.6 Å². The van der Waals surface area contributed by atoms with Crippen molar-refractivity contribution in [2.24, 2.45) is 0 Å². The summed E-state index contributed by atoms with van der Waals surface area (Å²) in [6, 6.07) is 16.9. The monoisotopic (exact) mass is 358 g/mol. The predicted octanol–water partition coefficient (Wildman–Crippen LogP) is 4.70. The molecule has 3 aromatic rings. The van der Waals surface area contributed by atoms with Crippen molar-refractivity contribution in [2.45, 2.75) is 31.8 Å². The van der Waals surface area contributed by atoms with Crippen molar-refractivity contribution in [1.29, 1.82) is 0 Å². The number of aliphatic hydroxyl groups excluding tert-OH is 1. The third-order valence-electron chi connectivity index (χ3n) is 6.22. The lowest BCUT2D eigenvalue weighted by Gasteiger charge is -2.29. The van der Waals surface area contributed by atoms with Crippen LogP contribution in [0.5, 0.6) is 0 Å². The van der Waals surface area contributed by atoms with Gasteiger partial charge >= 0.3 is 0 Å². The van der Waals surface area contributed by atoms with E-state index in [-0.39, 0.29) is 0 Å². The van der Waals surface area contributed by atoms with Gasteiger partial charge in [-0.25, -0.2) is 0 Å². The fourth-order valence-corrected chi connectivity index (χ4v) is 4.78. The third-order valence-corrected chi connectivity index (χ3v) is 6.22. The molecule has 2 N–H and O–H groups in total. The molecule has 0 radical (unpaired) electrons. The number of aliphatic hydroxyl groups is 1. The number of nitrogens with zero attached hydrogens (tertiary/aromatic N) is 1. The molecule has 1 aliphatic carbocycles. The fraction of sp³-hybridized carbons (Fsp3) is 0.333. The zero-order valence-electron chi connectivity index (χ0n) is 15.6. The Labute approximate surface area is 160 Å². The summed E-state index contributed by atoms with van der Waals surface area (Å²) in [5.74, 6) is 0. The van der Waals surface area contributed by atoms with E-state index in [1.165, 1.54) is 46.0 Å². The number of fused-ring (bicyclic) bond motifs is 3. The molecule has 3 nitrogen and oxygen atoms in total. The van der Waals surface area contributed by atoms with E-state index in [1.807, 2.05) is 6.07 Å². The van der Waals surface area contributed by atoms with E-state index in [0.717, 1.165) is 38.0 Å². The molecule has 1 unspecified atom stereocenters. The number of hydrogen-bond donors (Lipinski definition) is 2. The number of aromatic nitrogens is 1. The molecule has 1 aliphatic heterocycles. The van der Waals surface area contributed by atoms with Crippen LogP contribution in [0.3, 0.4) is 0 Å². The molecule has 1 aromatic heterocycles. The predicted molar refractivity (Wildman–Crippen MR) is 111 cm³/mol. The Morgan fingerprint density at radius 2 is 1.89 bits per heavy atom. The molecule has 2 heterocycles. The number of benzene rings is 2. The van der Waals surface area contributed by atoms with Gasteiger partial charge in [0.05, 0.1) is 0 Å². The fourth-order valence-electron chi connectivity index (χ4n) is 4.78. The maximum absolute atomic E-state index is 10.7. The standard InChI is InChI=1S/C24H26N2O/c27-24-21-10-2-1-9-19(21)20-12-14-26(16-22(20)24)13-6-5-7-17-15-25-23-11-4-3-8-18(17)23/h1-4,8-11,15,24-25,27H,5-7,12-14,16H2. The van der Waals surface area contributed by atoms with E-state index in [0.29, 0.717) is 0 Å². The molecule has 3 heteroatoms. The Bertz CT molecular complexity index is 1000. The zero-order valence-corrected chi connectivity index (χ0v) is 15.6. The van der Waals surface area contributed by atoms with Crippen molar-refractivity contribution in [2.75, 3.05) is 19.6 Å². The smallest absolute Gasteiger partial charge is 0.102 e. The van der Waals surface area contributed by atoms with Gasteiger partial charge < -0.3 is 10.1 Å². The lowest BCUT2D eigenvalue weighted by atomic mass is 9.98. The summed E-state index contributed by atoms with van der Waals surface area (Å²) in [6.45, 7) is 3.13. The first-order valence-electron chi connectivity index (χ1n) is 10.1. The number of rotatable bonds is 5. The van der Waals surface area contributed by atoms with Gasteiger partial charge in [0.1, 0.15) is 6.10 Å². The van der Waals surface area contributed by atoms with Crippen LogP contribution in [-0.2, 0) is 6.42 Å². The number of hydrogen-bond acceptors (Lipinski definition) is 2. The highest BCUT2D eigenvalue weighted by Crippen LogP contribution is 2.44. The summed E-state index contributed by atoms with van der Waals surface area (Å²) in [4.78, 5) is 5.89. The highest BCUT2D eigenvalue weighted by Gasteiger charge is 2.32. The van der Waals surface area contributed by atoms with Crippen LogP contribution in [0.15, 0.2) is 60.3 Å². The SMILES string of the molecule is OC1C2=C(CCN(CCCCc3c[nH]c4ccccc34)C2)c2ccccc21. The van der Waals surface area contributed by atoms with E-state index < -0.39 is 6.10 Å². The zero-order chi connectivity index (χ0) is 18.2. The van der Waals surface area contributed by atoms with Gasteiger partial charge in [0, 0.05) is 30.2 Å². The minimum Gasteiger partial charge on any atom is -0.384 e. The molecule has 2 aromatic carbocycles. The summed E-state index contributed by atoms with van der Waals surface area (Å²) in [6.07, 6.45) is 6.35. The van der Waals surface area contributed by atoms with E-state index in [2.05, 4.69) is 58.5 Å². The summed E-state index contributed by atoms with van der Waals surface area (Å²) < 4.78 is 0. The number of unbranched alkanes of at least 4 members (excludes halogenated alkanes) is 1. The Morgan fingerprint density at radius 3 is 2.85 bits per heavy atom. The molecule has 0 amide bonds. The number of aromatic amines is 1. The molecule has 138 valence electrons. The highest BCUT2D eigenvalue weighted by atomic mass is 16.3.